The molecule has 4 rings (SSSR count). The van der Waals surface area contributed by atoms with E-state index in [4.69, 9.17) is 4.74 Å². The van der Waals surface area contributed by atoms with Gasteiger partial charge in [0.05, 0.1) is 5.56 Å². The van der Waals surface area contributed by atoms with Gasteiger partial charge in [-0.3, -0.25) is 4.79 Å². The Bertz CT molecular complexity index is 1240. The summed E-state index contributed by atoms with van der Waals surface area (Å²) in [5, 5.41) is 14.6. The number of benzene rings is 3. The molecule has 8 heteroatoms. The summed E-state index contributed by atoms with van der Waals surface area (Å²) in [6, 6.07) is 19.7. The number of rotatable bonds is 7. The normalized spacial score (nSPS) is 13.0. The minimum Gasteiger partial charge on any atom is -0.478 e. The monoisotopic (exact) mass is 536 g/mol. The van der Waals surface area contributed by atoms with Gasteiger partial charge in [-0.25, -0.2) is 9.59 Å². The van der Waals surface area contributed by atoms with Gasteiger partial charge in [0.1, 0.15) is 12.6 Å². The average Bonchev–Trinajstić information content (AvgIpc) is 3.15. The number of carboxylic acid groups (broad SMARTS) is 1. The van der Waals surface area contributed by atoms with Crippen molar-refractivity contribution in [2.45, 2.75) is 25.8 Å². The summed E-state index contributed by atoms with van der Waals surface area (Å²) in [6.07, 6.45) is -0.692. The summed E-state index contributed by atoms with van der Waals surface area (Å²) in [6.45, 7) is 3.75. The number of aromatic carboxylic acids is 1. The highest BCUT2D eigenvalue weighted by molar-refractivity contribution is 9.10. The van der Waals surface area contributed by atoms with Crippen LogP contribution in [0.15, 0.2) is 71.2 Å². The molecule has 3 aromatic rings. The number of amides is 2. The first-order valence-corrected chi connectivity index (χ1v) is 12.0. The first-order chi connectivity index (χ1) is 16.8. The fraction of sp³-hybridized carbons (Fsp3) is 0.222. The van der Waals surface area contributed by atoms with Crippen molar-refractivity contribution in [3.8, 4) is 11.1 Å². The Morgan fingerprint density at radius 2 is 1.57 bits per heavy atom. The van der Waals surface area contributed by atoms with Gasteiger partial charge >= 0.3 is 12.1 Å². The fourth-order valence-corrected chi connectivity index (χ4v) is 4.71. The van der Waals surface area contributed by atoms with Crippen LogP contribution >= 0.6 is 15.9 Å². The number of carbonyl (C=O) groups excluding carboxylic acids is 2. The van der Waals surface area contributed by atoms with E-state index >= 15 is 0 Å². The molecule has 0 spiro atoms. The van der Waals surface area contributed by atoms with Crippen LogP contribution in [0.4, 0.5) is 10.5 Å². The lowest BCUT2D eigenvalue weighted by Crippen LogP contribution is -2.47. The van der Waals surface area contributed by atoms with E-state index in [2.05, 4.69) is 38.7 Å². The van der Waals surface area contributed by atoms with Crippen LogP contribution in [0.5, 0.6) is 0 Å². The van der Waals surface area contributed by atoms with E-state index in [0.29, 0.717) is 10.2 Å². The van der Waals surface area contributed by atoms with E-state index in [0.717, 1.165) is 22.3 Å². The molecular formula is C27H25BrN2O5. The van der Waals surface area contributed by atoms with Gasteiger partial charge in [0, 0.05) is 16.1 Å². The van der Waals surface area contributed by atoms with Crippen LogP contribution < -0.4 is 10.6 Å². The Morgan fingerprint density at radius 1 is 0.971 bits per heavy atom. The summed E-state index contributed by atoms with van der Waals surface area (Å²) in [7, 11) is 0. The maximum absolute atomic E-state index is 12.9. The molecule has 1 atom stereocenters. The molecule has 0 fully saturated rings. The second-order valence-corrected chi connectivity index (χ2v) is 9.53. The van der Waals surface area contributed by atoms with Gasteiger partial charge in [-0.05, 0) is 62.3 Å². The van der Waals surface area contributed by atoms with Gasteiger partial charge < -0.3 is 20.5 Å². The molecular weight excluding hydrogens is 512 g/mol. The molecule has 180 valence electrons. The van der Waals surface area contributed by atoms with Gasteiger partial charge in [-0.15, -0.1) is 0 Å². The third kappa shape index (κ3) is 5.22. The Labute approximate surface area is 211 Å². The van der Waals surface area contributed by atoms with Crippen LogP contribution in [0.1, 0.15) is 41.3 Å². The number of fused-ring (bicyclic) bond motifs is 3. The molecule has 0 radical (unpaired) electrons. The highest BCUT2D eigenvalue weighted by Crippen LogP contribution is 2.44. The van der Waals surface area contributed by atoms with Crippen molar-refractivity contribution in [3.63, 3.8) is 0 Å². The van der Waals surface area contributed by atoms with Crippen molar-refractivity contribution in [3.05, 3.63) is 87.9 Å². The van der Waals surface area contributed by atoms with E-state index in [1.807, 2.05) is 36.4 Å². The average molecular weight is 537 g/mol. The van der Waals surface area contributed by atoms with Crippen molar-refractivity contribution in [1.82, 2.24) is 5.32 Å². The Hall–Kier alpha value is -3.65. The maximum atomic E-state index is 12.9. The third-order valence-corrected chi connectivity index (χ3v) is 6.72. The molecule has 3 aromatic carbocycles. The summed E-state index contributed by atoms with van der Waals surface area (Å²) in [5.41, 5.74) is 4.80. The molecule has 1 unspecified atom stereocenters. The zero-order chi connectivity index (χ0) is 25.1. The summed E-state index contributed by atoms with van der Waals surface area (Å²) in [5.74, 6) is -1.90. The zero-order valence-corrected chi connectivity index (χ0v) is 20.8. The maximum Gasteiger partial charge on any atom is 0.407 e. The van der Waals surface area contributed by atoms with Crippen LogP contribution in [-0.4, -0.2) is 35.7 Å². The van der Waals surface area contributed by atoms with E-state index in [1.165, 1.54) is 6.07 Å². The summed E-state index contributed by atoms with van der Waals surface area (Å²) < 4.78 is 5.98. The van der Waals surface area contributed by atoms with E-state index < -0.39 is 24.0 Å². The quantitative estimate of drug-likeness (QED) is 0.362. The standard InChI is InChI=1S/C27H25BrN2O5/c1-15(2)24(25(31)29-16-11-12-23(28)21(13-16)26(32)33)30-27(34)35-14-22-19-9-5-3-7-17(19)18-8-4-6-10-20(18)22/h3-13,15,22,24H,14H2,1-2H3,(H,29,31)(H,30,34)(H,32,33). The lowest BCUT2D eigenvalue weighted by Gasteiger charge is -2.22. The molecule has 35 heavy (non-hydrogen) atoms. The minimum absolute atomic E-state index is 0.0217. The molecule has 1 aliphatic rings. The lowest BCUT2D eigenvalue weighted by molar-refractivity contribution is -0.119. The number of ether oxygens (including phenoxy) is 1. The zero-order valence-electron chi connectivity index (χ0n) is 19.2. The van der Waals surface area contributed by atoms with Crippen LogP contribution in [0, 0.1) is 5.92 Å². The molecule has 0 aliphatic heterocycles. The van der Waals surface area contributed by atoms with Gasteiger partial charge in [0.25, 0.3) is 0 Å². The number of halogens is 1. The molecule has 0 saturated carbocycles. The molecule has 1 aliphatic carbocycles. The molecule has 2 amide bonds. The minimum atomic E-state index is -1.12. The van der Waals surface area contributed by atoms with E-state index in [9.17, 15) is 19.5 Å². The van der Waals surface area contributed by atoms with Crippen molar-refractivity contribution >= 4 is 39.6 Å². The molecule has 0 heterocycles. The van der Waals surface area contributed by atoms with Gasteiger partial charge in [-0.1, -0.05) is 62.4 Å². The first kappa shape index (κ1) is 24.5. The Balaban J connectivity index is 1.42. The Morgan fingerprint density at radius 3 is 2.14 bits per heavy atom. The number of nitrogens with one attached hydrogen (secondary N) is 2. The van der Waals surface area contributed by atoms with Crippen molar-refractivity contribution in [1.29, 1.82) is 0 Å². The van der Waals surface area contributed by atoms with Crippen molar-refractivity contribution in [2.75, 3.05) is 11.9 Å². The Kier molecular flexibility index (Phi) is 7.21. The SMILES string of the molecule is CC(C)C(NC(=O)OCC1c2ccccc2-c2ccccc21)C(=O)Nc1ccc(Br)c(C(=O)O)c1. The summed E-state index contributed by atoms with van der Waals surface area (Å²) >= 11 is 3.18. The lowest BCUT2D eigenvalue weighted by atomic mass is 9.98. The van der Waals surface area contributed by atoms with Gasteiger partial charge in [-0.2, -0.15) is 0 Å². The smallest absolute Gasteiger partial charge is 0.407 e. The van der Waals surface area contributed by atoms with E-state index in [-0.39, 0.29) is 24.0 Å². The number of anilines is 1. The second kappa shape index (κ2) is 10.3. The van der Waals surface area contributed by atoms with Crippen LogP contribution in [-0.2, 0) is 9.53 Å². The number of carboxylic acids is 1. The first-order valence-electron chi connectivity index (χ1n) is 11.2. The third-order valence-electron chi connectivity index (χ3n) is 6.03. The summed E-state index contributed by atoms with van der Waals surface area (Å²) in [4.78, 5) is 37.0. The molecule has 3 N–H and O–H groups in total. The highest BCUT2D eigenvalue weighted by atomic mass is 79.9. The molecule has 0 saturated heterocycles. The molecule has 7 nitrogen and oxygen atoms in total. The van der Waals surface area contributed by atoms with Crippen molar-refractivity contribution < 1.29 is 24.2 Å². The van der Waals surface area contributed by atoms with Crippen LogP contribution in [0.25, 0.3) is 11.1 Å². The number of hydrogen-bond acceptors (Lipinski definition) is 4. The topological polar surface area (TPSA) is 105 Å². The second-order valence-electron chi connectivity index (χ2n) is 8.68. The predicted molar refractivity (Wildman–Crippen MR) is 137 cm³/mol. The van der Waals surface area contributed by atoms with E-state index in [1.54, 1.807) is 26.0 Å². The largest absolute Gasteiger partial charge is 0.478 e. The molecule has 0 bridgehead atoms. The van der Waals surface area contributed by atoms with Crippen LogP contribution in [0.3, 0.4) is 0 Å². The van der Waals surface area contributed by atoms with Crippen molar-refractivity contribution in [2.24, 2.45) is 5.92 Å². The number of hydrogen-bond donors (Lipinski definition) is 3. The number of carbonyl (C=O) groups is 3. The number of alkyl carbamates (subject to hydrolysis) is 1. The van der Waals surface area contributed by atoms with Gasteiger partial charge in [0.15, 0.2) is 0 Å². The van der Waals surface area contributed by atoms with Crippen LogP contribution in [0.2, 0.25) is 0 Å². The van der Waals surface area contributed by atoms with Gasteiger partial charge in [0.2, 0.25) is 5.91 Å². The predicted octanol–water partition coefficient (Wildman–Crippen LogP) is 5.65. The highest BCUT2D eigenvalue weighted by Gasteiger charge is 2.30. The fourth-order valence-electron chi connectivity index (χ4n) is 4.29. The molecule has 0 aromatic heterocycles.